The van der Waals surface area contributed by atoms with Gasteiger partial charge in [0, 0.05) is 45.9 Å². The molecule has 4 nitrogen and oxygen atoms in total. The van der Waals surface area contributed by atoms with E-state index in [1.165, 1.54) is 4.90 Å². The molecule has 0 spiro atoms. The summed E-state index contributed by atoms with van der Waals surface area (Å²) in [5.41, 5.74) is 0.999. The Bertz CT molecular complexity index is 413. The van der Waals surface area contributed by atoms with Gasteiger partial charge in [0.1, 0.15) is 0 Å². The molecule has 1 aliphatic rings. The van der Waals surface area contributed by atoms with E-state index in [1.54, 1.807) is 24.3 Å². The van der Waals surface area contributed by atoms with E-state index in [-0.39, 0.29) is 51.1 Å². The van der Waals surface area contributed by atoms with Crippen LogP contribution in [0.1, 0.15) is 40.0 Å². The molecule has 1 heterocycles. The van der Waals surface area contributed by atoms with Crippen LogP contribution in [0.3, 0.4) is 0 Å². The van der Waals surface area contributed by atoms with E-state index in [4.69, 9.17) is 5.11 Å². The Hall–Kier alpha value is -0.576. The maximum absolute atomic E-state index is 11.9. The average Bonchev–Trinajstić information content (AvgIpc) is 2.60. The number of carbonyl (C=O) groups is 2. The molecule has 0 bridgehead atoms. The quantitative estimate of drug-likeness (QED) is 0.659. The summed E-state index contributed by atoms with van der Waals surface area (Å²) < 4.78 is 0. The van der Waals surface area contributed by atoms with E-state index in [1.807, 2.05) is 0 Å². The van der Waals surface area contributed by atoms with E-state index in [2.05, 4.69) is 0 Å². The Labute approximate surface area is 131 Å². The van der Waals surface area contributed by atoms with Crippen LogP contribution in [-0.4, -0.2) is 35.0 Å². The topological polar surface area (TPSA) is 57.6 Å². The molecule has 2 amide bonds. The van der Waals surface area contributed by atoms with Gasteiger partial charge in [-0.05, 0) is 31.4 Å². The maximum Gasteiger partial charge on any atom is 0.261 e. The number of unbranched alkanes of at least 4 members (excludes halogenated alkanes) is 2. The fourth-order valence-corrected chi connectivity index (χ4v) is 2.00. The smallest absolute Gasteiger partial charge is 0.261 e. The summed E-state index contributed by atoms with van der Waals surface area (Å²) in [6, 6.07) is 6.89. The molecule has 0 saturated heterocycles. The van der Waals surface area contributed by atoms with Gasteiger partial charge in [-0.25, -0.2) is 0 Å². The largest absolute Gasteiger partial charge is 0.396 e. The van der Waals surface area contributed by atoms with Gasteiger partial charge in [-0.3, -0.25) is 14.5 Å². The summed E-state index contributed by atoms with van der Waals surface area (Å²) in [6.45, 7) is 0.592. The number of aliphatic hydroxyl groups is 1. The van der Waals surface area contributed by atoms with Crippen LogP contribution in [0.5, 0.6) is 0 Å². The van der Waals surface area contributed by atoms with Crippen molar-refractivity contribution in [2.45, 2.75) is 19.3 Å². The van der Waals surface area contributed by atoms with Crippen LogP contribution in [0, 0.1) is 0 Å². The monoisotopic (exact) mass is 322 g/mol. The normalized spacial score (nSPS) is 13.5. The number of nitrogens with zero attached hydrogens (tertiary/aromatic N) is 1. The number of rotatable bonds is 5. The Morgan fingerprint density at radius 1 is 0.944 bits per heavy atom. The van der Waals surface area contributed by atoms with Crippen molar-refractivity contribution in [2.24, 2.45) is 0 Å². The molecule has 0 unspecified atom stereocenters. The third kappa shape index (κ3) is 3.05. The third-order valence-corrected chi connectivity index (χ3v) is 2.92. The number of imide groups is 1. The maximum atomic E-state index is 11.9. The molecule has 1 aliphatic heterocycles. The Morgan fingerprint density at radius 3 is 2.00 bits per heavy atom. The van der Waals surface area contributed by atoms with Crippen molar-refractivity contribution in [3.63, 3.8) is 0 Å². The van der Waals surface area contributed by atoms with Crippen LogP contribution in [0.4, 0.5) is 0 Å². The molecule has 2 rings (SSSR count). The number of aliphatic hydroxyl groups excluding tert-OH is 1. The number of benzene rings is 1. The van der Waals surface area contributed by atoms with E-state index in [0.717, 1.165) is 12.8 Å². The molecule has 0 aliphatic carbocycles. The van der Waals surface area contributed by atoms with Crippen LogP contribution in [0.2, 0.25) is 0 Å². The zero-order chi connectivity index (χ0) is 12.3. The summed E-state index contributed by atoms with van der Waals surface area (Å²) in [6.07, 6.45) is 2.28. The third-order valence-electron chi connectivity index (χ3n) is 2.92. The number of fused-ring (bicyclic) bond motifs is 1. The minimum Gasteiger partial charge on any atom is -0.396 e. The van der Waals surface area contributed by atoms with Crippen molar-refractivity contribution in [1.29, 1.82) is 0 Å². The fraction of sp³-hybridized carbons (Fsp3) is 0.385. The van der Waals surface area contributed by atoms with Crippen molar-refractivity contribution in [3.05, 3.63) is 35.4 Å². The van der Waals surface area contributed by atoms with Gasteiger partial charge in [0.2, 0.25) is 0 Å². The molecular formula is C13H15NO3Y. The first-order valence-corrected chi connectivity index (χ1v) is 5.82. The molecule has 18 heavy (non-hydrogen) atoms. The van der Waals surface area contributed by atoms with Gasteiger partial charge in [-0.1, -0.05) is 12.1 Å². The van der Waals surface area contributed by atoms with Crippen LogP contribution in [0.25, 0.3) is 0 Å². The van der Waals surface area contributed by atoms with E-state index in [0.29, 0.717) is 24.1 Å². The zero-order valence-corrected chi connectivity index (χ0v) is 13.0. The number of hydrogen-bond donors (Lipinski definition) is 1. The molecule has 1 aromatic carbocycles. The predicted molar refractivity (Wildman–Crippen MR) is 62.7 cm³/mol. The summed E-state index contributed by atoms with van der Waals surface area (Å²) in [7, 11) is 0. The fourth-order valence-electron chi connectivity index (χ4n) is 2.00. The first-order chi connectivity index (χ1) is 8.25. The van der Waals surface area contributed by atoms with Crippen LogP contribution in [0.15, 0.2) is 24.3 Å². The van der Waals surface area contributed by atoms with Gasteiger partial charge < -0.3 is 5.11 Å². The molecule has 1 aromatic rings. The summed E-state index contributed by atoms with van der Waals surface area (Å²) in [4.78, 5) is 25.1. The van der Waals surface area contributed by atoms with Gasteiger partial charge in [0.25, 0.3) is 11.8 Å². The Kier molecular flexibility index (Phi) is 6.12. The first kappa shape index (κ1) is 15.5. The minimum absolute atomic E-state index is 0. The average molecular weight is 322 g/mol. The predicted octanol–water partition coefficient (Wildman–Crippen LogP) is 1.44. The molecule has 5 heteroatoms. The molecule has 0 atom stereocenters. The van der Waals surface area contributed by atoms with E-state index >= 15 is 0 Å². The van der Waals surface area contributed by atoms with Crippen LogP contribution in [-0.2, 0) is 32.7 Å². The Morgan fingerprint density at radius 2 is 1.50 bits per heavy atom. The van der Waals surface area contributed by atoms with Gasteiger partial charge in [0.15, 0.2) is 0 Å². The van der Waals surface area contributed by atoms with Crippen molar-refractivity contribution < 1.29 is 47.4 Å². The van der Waals surface area contributed by atoms with Crippen molar-refractivity contribution in [1.82, 2.24) is 4.90 Å². The summed E-state index contributed by atoms with van der Waals surface area (Å²) in [5, 5.41) is 8.66. The van der Waals surface area contributed by atoms with Crippen molar-refractivity contribution in [3.8, 4) is 0 Å². The van der Waals surface area contributed by atoms with E-state index < -0.39 is 0 Å². The van der Waals surface area contributed by atoms with Crippen molar-refractivity contribution >= 4 is 11.8 Å². The molecular weight excluding hydrogens is 307 g/mol. The van der Waals surface area contributed by atoms with Crippen LogP contribution >= 0.6 is 0 Å². The minimum atomic E-state index is -0.199. The zero-order valence-electron chi connectivity index (χ0n) is 10.1. The SMILES string of the molecule is O=C1c2ccccc2C(=O)N1CCCCCO.[Y]. The second kappa shape index (κ2) is 7.12. The number of carbonyl (C=O) groups excluding carboxylic acids is 2. The van der Waals surface area contributed by atoms with E-state index in [9.17, 15) is 9.59 Å². The standard InChI is InChI=1S/C13H15NO3.Y/c15-9-5-1-4-8-14-12(16)10-6-2-3-7-11(10)13(14)17;/h2-3,6-7,15H,1,4-5,8-9H2;. The molecule has 0 aromatic heterocycles. The Balaban J connectivity index is 0.00000162. The molecule has 0 fully saturated rings. The molecule has 1 N–H and O–H groups in total. The number of hydrogen-bond acceptors (Lipinski definition) is 3. The number of amides is 2. The molecule has 0 saturated carbocycles. The van der Waals surface area contributed by atoms with Crippen LogP contribution < -0.4 is 0 Å². The summed E-state index contributed by atoms with van der Waals surface area (Å²) >= 11 is 0. The van der Waals surface area contributed by atoms with Gasteiger partial charge >= 0.3 is 0 Å². The molecule has 1 radical (unpaired) electrons. The molecule has 93 valence electrons. The van der Waals surface area contributed by atoms with Crippen molar-refractivity contribution in [2.75, 3.05) is 13.2 Å². The van der Waals surface area contributed by atoms with Gasteiger partial charge in [-0.2, -0.15) is 0 Å². The van der Waals surface area contributed by atoms with Gasteiger partial charge in [0.05, 0.1) is 11.1 Å². The summed E-state index contributed by atoms with van der Waals surface area (Å²) in [5.74, 6) is -0.399. The van der Waals surface area contributed by atoms with Gasteiger partial charge in [-0.15, -0.1) is 0 Å². The second-order valence-electron chi connectivity index (χ2n) is 4.09. The first-order valence-electron chi connectivity index (χ1n) is 5.82. The second-order valence-corrected chi connectivity index (χ2v) is 4.09.